The van der Waals surface area contributed by atoms with Crippen LogP contribution in [0.5, 0.6) is 0 Å². The minimum absolute atomic E-state index is 0.0882. The van der Waals surface area contributed by atoms with E-state index < -0.39 is 10.0 Å². The molecule has 16 heavy (non-hydrogen) atoms. The second-order valence-corrected chi connectivity index (χ2v) is 5.78. The van der Waals surface area contributed by atoms with Gasteiger partial charge in [-0.25, -0.2) is 13.1 Å². The molecule has 2 unspecified atom stereocenters. The van der Waals surface area contributed by atoms with Crippen molar-refractivity contribution in [2.75, 3.05) is 0 Å². The molecule has 4 N–H and O–H groups in total. The summed E-state index contributed by atoms with van der Waals surface area (Å²) < 4.78 is 26.4. The number of nitrogens with zero attached hydrogens (tertiary/aromatic N) is 1. The van der Waals surface area contributed by atoms with Crippen molar-refractivity contribution in [2.45, 2.75) is 42.8 Å². The predicted octanol–water partition coefficient (Wildman–Crippen LogP) is -0.0421. The second-order valence-electron chi connectivity index (χ2n) is 4.10. The summed E-state index contributed by atoms with van der Waals surface area (Å²) in [7, 11) is -3.50. The van der Waals surface area contributed by atoms with E-state index in [1.54, 1.807) is 0 Å². The Hall–Kier alpha value is -0.920. The monoisotopic (exact) mass is 244 g/mol. The Balaban J connectivity index is 2.09. The number of nitrogens with one attached hydrogen (secondary N) is 2. The van der Waals surface area contributed by atoms with E-state index in [9.17, 15) is 8.42 Å². The van der Waals surface area contributed by atoms with Crippen LogP contribution in [0.1, 0.15) is 25.7 Å². The molecular formula is C9H16N4O2S. The van der Waals surface area contributed by atoms with E-state index in [0.717, 1.165) is 25.7 Å². The molecule has 1 aromatic rings. The number of aromatic nitrogens is 2. The highest BCUT2D eigenvalue weighted by atomic mass is 32.2. The standard InChI is InChI=1S/C9H16N4O2S/c10-7-3-1-2-4-8(7)13-16(14,15)9-5-6-11-12-9/h5-8,13H,1-4,10H2,(H,11,12). The van der Waals surface area contributed by atoms with Gasteiger partial charge in [0.05, 0.1) is 6.20 Å². The van der Waals surface area contributed by atoms with Crippen molar-refractivity contribution >= 4 is 10.0 Å². The van der Waals surface area contributed by atoms with Crippen LogP contribution in [0, 0.1) is 0 Å². The van der Waals surface area contributed by atoms with E-state index in [4.69, 9.17) is 5.73 Å². The maximum atomic E-state index is 11.9. The number of sulfonamides is 1. The Kier molecular flexibility index (Phi) is 3.27. The molecule has 0 saturated heterocycles. The number of nitrogens with two attached hydrogens (primary N) is 1. The second kappa shape index (κ2) is 4.52. The smallest absolute Gasteiger partial charge is 0.257 e. The zero-order valence-electron chi connectivity index (χ0n) is 8.89. The van der Waals surface area contributed by atoms with Gasteiger partial charge in [-0.1, -0.05) is 12.8 Å². The molecule has 0 amide bonds. The summed E-state index contributed by atoms with van der Waals surface area (Å²) in [5.41, 5.74) is 5.89. The lowest BCUT2D eigenvalue weighted by molar-refractivity contribution is 0.361. The number of hydrogen-bond acceptors (Lipinski definition) is 4. The fourth-order valence-electron chi connectivity index (χ4n) is 1.96. The average Bonchev–Trinajstić information content (AvgIpc) is 2.75. The first-order valence-corrected chi connectivity index (χ1v) is 6.85. The Morgan fingerprint density at radius 3 is 2.81 bits per heavy atom. The number of H-pyrrole nitrogens is 1. The highest BCUT2D eigenvalue weighted by Crippen LogP contribution is 2.18. The van der Waals surface area contributed by atoms with Gasteiger partial charge < -0.3 is 5.73 Å². The van der Waals surface area contributed by atoms with Crippen LogP contribution in [0.25, 0.3) is 0 Å². The first kappa shape index (κ1) is 11.6. The molecule has 1 fully saturated rings. The fraction of sp³-hybridized carbons (Fsp3) is 0.667. The topological polar surface area (TPSA) is 101 Å². The van der Waals surface area contributed by atoms with Crippen LogP contribution in [-0.2, 0) is 10.0 Å². The summed E-state index contributed by atoms with van der Waals surface area (Å²) in [6.07, 6.45) is 5.17. The van der Waals surface area contributed by atoms with Crippen LogP contribution in [-0.4, -0.2) is 30.7 Å². The Bertz CT molecular complexity index is 428. The molecule has 2 atom stereocenters. The minimum Gasteiger partial charge on any atom is -0.326 e. The van der Waals surface area contributed by atoms with Gasteiger partial charge in [0.25, 0.3) is 10.0 Å². The van der Waals surface area contributed by atoms with Gasteiger partial charge in [0.1, 0.15) is 0 Å². The van der Waals surface area contributed by atoms with Crippen LogP contribution in [0.3, 0.4) is 0 Å². The summed E-state index contributed by atoms with van der Waals surface area (Å²) in [5.74, 6) is 0. The molecule has 0 aliphatic heterocycles. The van der Waals surface area contributed by atoms with Crippen molar-refractivity contribution in [3.63, 3.8) is 0 Å². The molecule has 1 aromatic heterocycles. The number of aromatic amines is 1. The zero-order valence-corrected chi connectivity index (χ0v) is 9.70. The molecule has 1 heterocycles. The van der Waals surface area contributed by atoms with E-state index >= 15 is 0 Å². The molecule has 6 nitrogen and oxygen atoms in total. The summed E-state index contributed by atoms with van der Waals surface area (Å²) in [6.45, 7) is 0. The summed E-state index contributed by atoms with van der Waals surface area (Å²) in [6, 6.07) is 1.17. The van der Waals surface area contributed by atoms with Gasteiger partial charge in [0, 0.05) is 12.1 Å². The number of rotatable bonds is 3. The first-order chi connectivity index (χ1) is 7.59. The van der Waals surface area contributed by atoms with E-state index in [0.29, 0.717) is 0 Å². The molecular weight excluding hydrogens is 228 g/mol. The van der Waals surface area contributed by atoms with Crippen LogP contribution >= 0.6 is 0 Å². The number of hydrogen-bond donors (Lipinski definition) is 3. The van der Waals surface area contributed by atoms with E-state index in [-0.39, 0.29) is 17.1 Å². The van der Waals surface area contributed by atoms with Crippen LogP contribution in [0.2, 0.25) is 0 Å². The quantitative estimate of drug-likeness (QED) is 0.694. The van der Waals surface area contributed by atoms with E-state index in [2.05, 4.69) is 14.9 Å². The van der Waals surface area contributed by atoms with Crippen molar-refractivity contribution in [3.8, 4) is 0 Å². The largest absolute Gasteiger partial charge is 0.326 e. The van der Waals surface area contributed by atoms with Gasteiger partial charge in [-0.15, -0.1) is 0 Å². The lowest BCUT2D eigenvalue weighted by Gasteiger charge is -2.28. The van der Waals surface area contributed by atoms with Gasteiger partial charge in [-0.05, 0) is 18.9 Å². The summed E-state index contributed by atoms with van der Waals surface area (Å²) in [5, 5.41) is 6.15. The van der Waals surface area contributed by atoms with Gasteiger partial charge in [-0.2, -0.15) is 5.10 Å². The third-order valence-corrected chi connectivity index (χ3v) is 4.31. The Labute approximate surface area is 94.7 Å². The molecule has 2 rings (SSSR count). The SMILES string of the molecule is NC1CCCCC1NS(=O)(=O)c1ccn[nH]1. The lowest BCUT2D eigenvalue weighted by atomic mass is 9.92. The van der Waals surface area contributed by atoms with Gasteiger partial charge >= 0.3 is 0 Å². The molecule has 1 aliphatic carbocycles. The molecule has 0 aromatic carbocycles. The third kappa shape index (κ3) is 2.42. The zero-order chi connectivity index (χ0) is 11.6. The molecule has 7 heteroatoms. The highest BCUT2D eigenvalue weighted by Gasteiger charge is 2.27. The minimum atomic E-state index is -3.50. The van der Waals surface area contributed by atoms with Gasteiger partial charge in [0.2, 0.25) is 0 Å². The molecule has 0 bridgehead atoms. The summed E-state index contributed by atoms with van der Waals surface area (Å²) in [4.78, 5) is 0. The van der Waals surface area contributed by atoms with Crippen molar-refractivity contribution in [1.29, 1.82) is 0 Å². The fourth-order valence-corrected chi connectivity index (χ4v) is 3.19. The van der Waals surface area contributed by atoms with Crippen molar-refractivity contribution in [1.82, 2.24) is 14.9 Å². The van der Waals surface area contributed by atoms with Gasteiger partial charge in [0.15, 0.2) is 5.03 Å². The third-order valence-electron chi connectivity index (χ3n) is 2.89. The van der Waals surface area contributed by atoms with Crippen molar-refractivity contribution in [2.24, 2.45) is 5.73 Å². The first-order valence-electron chi connectivity index (χ1n) is 5.37. The van der Waals surface area contributed by atoms with Crippen molar-refractivity contribution < 1.29 is 8.42 Å². The molecule has 0 spiro atoms. The van der Waals surface area contributed by atoms with Crippen molar-refractivity contribution in [3.05, 3.63) is 12.3 Å². The predicted molar refractivity (Wildman–Crippen MR) is 59.1 cm³/mol. The maximum absolute atomic E-state index is 11.9. The van der Waals surface area contributed by atoms with E-state index in [1.165, 1.54) is 12.3 Å². The normalized spacial score (nSPS) is 26.8. The van der Waals surface area contributed by atoms with Crippen LogP contribution in [0.15, 0.2) is 17.3 Å². The molecule has 90 valence electrons. The average molecular weight is 244 g/mol. The summed E-state index contributed by atoms with van der Waals surface area (Å²) >= 11 is 0. The van der Waals surface area contributed by atoms with E-state index in [1.807, 2.05) is 0 Å². The Morgan fingerprint density at radius 1 is 1.44 bits per heavy atom. The molecule has 1 aliphatic rings. The molecule has 1 saturated carbocycles. The molecule has 0 radical (unpaired) electrons. The van der Waals surface area contributed by atoms with Crippen LogP contribution in [0.4, 0.5) is 0 Å². The van der Waals surface area contributed by atoms with Gasteiger partial charge in [-0.3, -0.25) is 5.10 Å². The Morgan fingerprint density at radius 2 is 2.19 bits per heavy atom. The highest BCUT2D eigenvalue weighted by molar-refractivity contribution is 7.89. The lowest BCUT2D eigenvalue weighted by Crippen LogP contribution is -2.49. The van der Waals surface area contributed by atoms with Crippen LogP contribution < -0.4 is 10.5 Å². The maximum Gasteiger partial charge on any atom is 0.257 e.